The number of hydrogen-bond acceptors (Lipinski definition) is 4. The summed E-state index contributed by atoms with van der Waals surface area (Å²) in [6.45, 7) is 0.245. The van der Waals surface area contributed by atoms with Crippen molar-refractivity contribution >= 4 is 28.6 Å². The second kappa shape index (κ2) is 6.47. The van der Waals surface area contributed by atoms with Crippen molar-refractivity contribution in [1.82, 2.24) is 5.32 Å². The molecule has 0 aromatic heterocycles. The van der Waals surface area contributed by atoms with E-state index in [2.05, 4.69) is 10.6 Å². The van der Waals surface area contributed by atoms with Crippen molar-refractivity contribution in [2.24, 2.45) is 0 Å². The summed E-state index contributed by atoms with van der Waals surface area (Å²) in [5, 5.41) is 4.62. The van der Waals surface area contributed by atoms with Crippen molar-refractivity contribution < 1.29 is 27.5 Å². The Bertz CT molecular complexity index is 592. The summed E-state index contributed by atoms with van der Waals surface area (Å²) in [5.41, 5.74) is 0.825. The molecule has 1 saturated heterocycles. The minimum atomic E-state index is -4.47. The molecule has 0 spiro atoms. The fraction of sp³-hybridized carbons (Fsp3) is 0.385. The normalized spacial score (nSPS) is 18.0. The van der Waals surface area contributed by atoms with Gasteiger partial charge < -0.3 is 15.4 Å². The lowest BCUT2D eigenvalue weighted by Crippen LogP contribution is -2.38. The van der Waals surface area contributed by atoms with Gasteiger partial charge in [0.1, 0.15) is 11.8 Å². The molecule has 0 aliphatic carbocycles. The largest absolute Gasteiger partial charge is 0.482 e. The van der Waals surface area contributed by atoms with Gasteiger partial charge in [-0.2, -0.15) is 13.2 Å². The number of halogens is 3. The third kappa shape index (κ3) is 4.55. The predicted molar refractivity (Wildman–Crippen MR) is 76.1 cm³/mol. The molecule has 2 rings (SSSR count). The average Bonchev–Trinajstić information content (AvgIpc) is 2.85. The van der Waals surface area contributed by atoms with E-state index >= 15 is 0 Å². The van der Waals surface area contributed by atoms with Crippen LogP contribution in [0.5, 0.6) is 5.75 Å². The van der Waals surface area contributed by atoms with Gasteiger partial charge in [0.05, 0.1) is 5.69 Å². The van der Waals surface area contributed by atoms with Crippen LogP contribution in [-0.4, -0.2) is 35.7 Å². The van der Waals surface area contributed by atoms with E-state index in [1.165, 1.54) is 12.1 Å². The van der Waals surface area contributed by atoms with Gasteiger partial charge in [0.15, 0.2) is 6.61 Å². The monoisotopic (exact) mass is 334 g/mol. The number of benzene rings is 1. The van der Waals surface area contributed by atoms with Crippen LogP contribution in [0.15, 0.2) is 18.2 Å². The molecular weight excluding hydrogens is 321 g/mol. The number of nitrogens with one attached hydrogen (secondary N) is 2. The Balaban J connectivity index is 2.09. The summed E-state index contributed by atoms with van der Waals surface area (Å²) in [5.74, 6) is -0.295. The van der Waals surface area contributed by atoms with Crippen molar-refractivity contribution in [2.75, 3.05) is 17.7 Å². The summed E-state index contributed by atoms with van der Waals surface area (Å²) in [6, 6.07) is 3.79. The zero-order chi connectivity index (χ0) is 16.3. The minimum Gasteiger partial charge on any atom is -0.482 e. The molecule has 0 unspecified atom stereocenters. The van der Waals surface area contributed by atoms with Crippen molar-refractivity contribution in [3.8, 4) is 5.75 Å². The Morgan fingerprint density at radius 2 is 2.23 bits per heavy atom. The molecule has 0 saturated carbocycles. The molecule has 0 bridgehead atoms. The van der Waals surface area contributed by atoms with Crippen LogP contribution < -0.4 is 15.4 Å². The highest BCUT2D eigenvalue weighted by atomic mass is 32.2. The van der Waals surface area contributed by atoms with Crippen LogP contribution in [0.1, 0.15) is 5.56 Å². The Labute approximate surface area is 128 Å². The quantitative estimate of drug-likeness (QED) is 0.888. The van der Waals surface area contributed by atoms with Gasteiger partial charge in [0.25, 0.3) is 5.24 Å². The number of alkyl halides is 3. The molecule has 9 heteroatoms. The Kier molecular flexibility index (Phi) is 4.84. The zero-order valence-electron chi connectivity index (χ0n) is 11.5. The first-order chi connectivity index (χ1) is 10.2. The highest BCUT2D eigenvalue weighted by Crippen LogP contribution is 2.28. The number of carbonyl (C=O) groups is 2. The number of aryl methyl sites for hydroxylation is 1. The SMILES string of the molecule is Cc1ccc(NC(=O)[C@H]2CSC(=O)N2)c(OCC(F)(F)F)c1. The number of anilines is 1. The minimum absolute atomic E-state index is 0.0670. The van der Waals surface area contributed by atoms with Crippen molar-refractivity contribution in [3.05, 3.63) is 23.8 Å². The number of rotatable bonds is 4. The number of thioether (sulfide) groups is 1. The van der Waals surface area contributed by atoms with Gasteiger partial charge in [-0.1, -0.05) is 17.8 Å². The molecule has 22 heavy (non-hydrogen) atoms. The Morgan fingerprint density at radius 1 is 1.50 bits per heavy atom. The third-order valence-electron chi connectivity index (χ3n) is 2.78. The standard InChI is InChI=1S/C13H13F3N2O3S/c1-7-2-3-8(10(4-7)21-6-13(14,15)16)17-11(19)9-5-22-12(20)18-9/h2-4,9H,5-6H2,1H3,(H,17,19)(H,18,20)/t9-/m1/s1. The van der Waals surface area contributed by atoms with Crippen LogP contribution in [0.2, 0.25) is 0 Å². The van der Waals surface area contributed by atoms with E-state index in [-0.39, 0.29) is 22.4 Å². The summed E-state index contributed by atoms with van der Waals surface area (Å²) < 4.78 is 41.5. The first-order valence-corrected chi connectivity index (χ1v) is 7.27. The molecule has 2 N–H and O–H groups in total. The molecule has 1 aliphatic heterocycles. The van der Waals surface area contributed by atoms with E-state index < -0.39 is 24.7 Å². The van der Waals surface area contributed by atoms with E-state index in [1.807, 2.05) is 0 Å². The van der Waals surface area contributed by atoms with Gasteiger partial charge in [0, 0.05) is 5.75 Å². The Hall–Kier alpha value is -1.90. The van der Waals surface area contributed by atoms with Gasteiger partial charge in [-0.3, -0.25) is 9.59 Å². The summed E-state index contributed by atoms with van der Waals surface area (Å²) in [7, 11) is 0. The van der Waals surface area contributed by atoms with Crippen LogP contribution in [0.3, 0.4) is 0 Å². The van der Waals surface area contributed by atoms with Gasteiger partial charge >= 0.3 is 6.18 Å². The second-order valence-corrected chi connectivity index (χ2v) is 5.68. The molecule has 120 valence electrons. The molecular formula is C13H13F3N2O3S. The highest BCUT2D eigenvalue weighted by molar-refractivity contribution is 8.14. The van der Waals surface area contributed by atoms with E-state index in [0.29, 0.717) is 5.56 Å². The number of hydrogen-bond donors (Lipinski definition) is 2. The average molecular weight is 334 g/mol. The van der Waals surface area contributed by atoms with Crippen LogP contribution >= 0.6 is 11.8 Å². The smallest absolute Gasteiger partial charge is 0.422 e. The van der Waals surface area contributed by atoms with Gasteiger partial charge in [-0.15, -0.1) is 0 Å². The third-order valence-corrected chi connectivity index (χ3v) is 3.66. The summed E-state index contributed by atoms with van der Waals surface area (Å²) in [4.78, 5) is 23.0. The topological polar surface area (TPSA) is 67.4 Å². The lowest BCUT2D eigenvalue weighted by atomic mass is 10.2. The first kappa shape index (κ1) is 16.5. The maximum Gasteiger partial charge on any atom is 0.422 e. The van der Waals surface area contributed by atoms with Crippen LogP contribution in [0.4, 0.5) is 23.7 Å². The maximum atomic E-state index is 12.3. The number of amides is 2. The van der Waals surface area contributed by atoms with Crippen molar-refractivity contribution in [3.63, 3.8) is 0 Å². The molecule has 1 heterocycles. The van der Waals surface area contributed by atoms with Crippen LogP contribution in [0.25, 0.3) is 0 Å². The molecule has 0 radical (unpaired) electrons. The van der Waals surface area contributed by atoms with Crippen LogP contribution in [-0.2, 0) is 4.79 Å². The first-order valence-electron chi connectivity index (χ1n) is 6.29. The lowest BCUT2D eigenvalue weighted by molar-refractivity contribution is -0.153. The molecule has 1 fully saturated rings. The van der Waals surface area contributed by atoms with Crippen molar-refractivity contribution in [2.45, 2.75) is 19.1 Å². The van der Waals surface area contributed by atoms with E-state index in [0.717, 1.165) is 11.8 Å². The van der Waals surface area contributed by atoms with Gasteiger partial charge in [-0.25, -0.2) is 0 Å². The summed E-state index contributed by atoms with van der Waals surface area (Å²) >= 11 is 0.974. The van der Waals surface area contributed by atoms with Gasteiger partial charge in [0.2, 0.25) is 5.91 Å². The number of carbonyl (C=O) groups excluding carboxylic acids is 2. The van der Waals surface area contributed by atoms with E-state index in [9.17, 15) is 22.8 Å². The van der Waals surface area contributed by atoms with Gasteiger partial charge in [-0.05, 0) is 24.6 Å². The van der Waals surface area contributed by atoms with Crippen LogP contribution in [0, 0.1) is 6.92 Å². The lowest BCUT2D eigenvalue weighted by Gasteiger charge is -2.16. The maximum absolute atomic E-state index is 12.3. The molecule has 1 atom stereocenters. The molecule has 1 aliphatic rings. The van der Waals surface area contributed by atoms with Crippen molar-refractivity contribution in [1.29, 1.82) is 0 Å². The predicted octanol–water partition coefficient (Wildman–Crippen LogP) is 2.70. The van der Waals surface area contributed by atoms with E-state index in [1.54, 1.807) is 13.0 Å². The Morgan fingerprint density at radius 3 is 2.82 bits per heavy atom. The highest BCUT2D eigenvalue weighted by Gasteiger charge is 2.30. The molecule has 1 aromatic carbocycles. The fourth-order valence-corrected chi connectivity index (χ4v) is 2.54. The summed E-state index contributed by atoms with van der Waals surface area (Å²) in [6.07, 6.45) is -4.47. The second-order valence-electron chi connectivity index (χ2n) is 4.69. The number of ether oxygens (including phenoxy) is 1. The van der Waals surface area contributed by atoms with E-state index in [4.69, 9.17) is 4.74 Å². The zero-order valence-corrected chi connectivity index (χ0v) is 12.3. The molecule has 2 amide bonds. The fourth-order valence-electron chi connectivity index (χ4n) is 1.76. The molecule has 1 aromatic rings. The molecule has 5 nitrogen and oxygen atoms in total.